The average molecular weight is 330 g/mol. The van der Waals surface area contributed by atoms with Crippen LogP contribution in [0, 0.1) is 0 Å². The first-order valence-electron chi connectivity index (χ1n) is 7.90. The number of ether oxygens (including phenoxy) is 4. The summed E-state index contributed by atoms with van der Waals surface area (Å²) in [6.07, 6.45) is -1.26. The molecule has 2 aromatic carbocycles. The average Bonchev–Trinajstić information content (AvgIpc) is 2.76. The molecule has 1 heterocycles. The van der Waals surface area contributed by atoms with Crippen LogP contribution in [0.2, 0.25) is 0 Å². The molecule has 1 aliphatic heterocycles. The SMILES string of the molecule is COCCOC(OC)c1ccc2c(c1)C(O)c1ccccc1CO2. The van der Waals surface area contributed by atoms with E-state index in [4.69, 9.17) is 18.9 Å². The quantitative estimate of drug-likeness (QED) is 0.652. The van der Waals surface area contributed by atoms with Gasteiger partial charge in [0.2, 0.25) is 0 Å². The monoisotopic (exact) mass is 330 g/mol. The van der Waals surface area contributed by atoms with Crippen molar-refractivity contribution >= 4 is 0 Å². The maximum absolute atomic E-state index is 10.8. The topological polar surface area (TPSA) is 57.2 Å². The van der Waals surface area contributed by atoms with Gasteiger partial charge in [0.25, 0.3) is 0 Å². The number of benzene rings is 2. The molecule has 0 fully saturated rings. The van der Waals surface area contributed by atoms with E-state index in [1.807, 2.05) is 42.5 Å². The van der Waals surface area contributed by atoms with Crippen molar-refractivity contribution in [2.24, 2.45) is 0 Å². The largest absolute Gasteiger partial charge is 0.488 e. The molecule has 2 unspecified atom stereocenters. The van der Waals surface area contributed by atoms with Gasteiger partial charge in [0.1, 0.15) is 18.5 Å². The normalized spacial score (nSPS) is 17.4. The Morgan fingerprint density at radius 1 is 1.12 bits per heavy atom. The van der Waals surface area contributed by atoms with Crippen molar-refractivity contribution in [2.45, 2.75) is 19.0 Å². The molecule has 24 heavy (non-hydrogen) atoms. The number of aliphatic hydroxyl groups excluding tert-OH is 1. The highest BCUT2D eigenvalue weighted by atomic mass is 16.7. The van der Waals surface area contributed by atoms with Gasteiger partial charge in [-0.3, -0.25) is 0 Å². The molecular formula is C19H22O5. The number of methoxy groups -OCH3 is 2. The summed E-state index contributed by atoms with van der Waals surface area (Å²) in [4.78, 5) is 0. The summed E-state index contributed by atoms with van der Waals surface area (Å²) in [5.41, 5.74) is 3.40. The Morgan fingerprint density at radius 2 is 1.96 bits per heavy atom. The zero-order valence-corrected chi connectivity index (χ0v) is 13.9. The van der Waals surface area contributed by atoms with Gasteiger partial charge in [-0.2, -0.15) is 0 Å². The molecule has 0 aliphatic carbocycles. The van der Waals surface area contributed by atoms with Crippen molar-refractivity contribution in [3.8, 4) is 5.75 Å². The summed E-state index contributed by atoms with van der Waals surface area (Å²) >= 11 is 0. The maximum atomic E-state index is 10.8. The molecule has 1 aliphatic rings. The lowest BCUT2D eigenvalue weighted by Crippen LogP contribution is -2.11. The number of rotatable bonds is 6. The maximum Gasteiger partial charge on any atom is 0.183 e. The van der Waals surface area contributed by atoms with Crippen LogP contribution in [-0.2, 0) is 20.8 Å². The first-order valence-corrected chi connectivity index (χ1v) is 7.90. The molecule has 0 bridgehead atoms. The highest BCUT2D eigenvalue weighted by Gasteiger charge is 2.24. The minimum atomic E-state index is -0.741. The Kier molecular flexibility index (Phi) is 5.48. The molecule has 128 valence electrons. The summed E-state index contributed by atoms with van der Waals surface area (Å²) in [5.74, 6) is 0.675. The molecule has 1 N–H and O–H groups in total. The second-order valence-electron chi connectivity index (χ2n) is 5.62. The highest BCUT2D eigenvalue weighted by Crippen LogP contribution is 2.37. The molecular weight excluding hydrogens is 308 g/mol. The van der Waals surface area contributed by atoms with Gasteiger partial charge in [0.15, 0.2) is 6.29 Å². The third-order valence-corrected chi connectivity index (χ3v) is 4.10. The minimum absolute atomic E-state index is 0.425. The van der Waals surface area contributed by atoms with Crippen molar-refractivity contribution < 1.29 is 24.1 Å². The summed E-state index contributed by atoms with van der Waals surface area (Å²) in [7, 11) is 3.21. The molecule has 0 aromatic heterocycles. The van der Waals surface area contributed by atoms with E-state index in [0.29, 0.717) is 25.6 Å². The molecule has 0 radical (unpaired) electrons. The van der Waals surface area contributed by atoms with E-state index in [9.17, 15) is 5.11 Å². The van der Waals surface area contributed by atoms with E-state index in [1.54, 1.807) is 14.2 Å². The van der Waals surface area contributed by atoms with Crippen LogP contribution in [-0.4, -0.2) is 32.5 Å². The van der Waals surface area contributed by atoms with E-state index in [0.717, 1.165) is 22.3 Å². The van der Waals surface area contributed by atoms with Gasteiger partial charge in [-0.15, -0.1) is 0 Å². The fourth-order valence-corrected chi connectivity index (χ4v) is 2.85. The molecule has 5 nitrogen and oxygen atoms in total. The van der Waals surface area contributed by atoms with Crippen LogP contribution >= 0.6 is 0 Å². The Labute approximate surface area is 141 Å². The molecule has 0 saturated carbocycles. The van der Waals surface area contributed by atoms with E-state index >= 15 is 0 Å². The highest BCUT2D eigenvalue weighted by molar-refractivity contribution is 5.47. The molecule has 0 spiro atoms. The Morgan fingerprint density at radius 3 is 2.75 bits per heavy atom. The molecule has 0 saturated heterocycles. The first kappa shape index (κ1) is 16.9. The second kappa shape index (κ2) is 7.77. The Balaban J connectivity index is 1.90. The third kappa shape index (κ3) is 3.44. The van der Waals surface area contributed by atoms with Gasteiger partial charge in [-0.1, -0.05) is 30.3 Å². The van der Waals surface area contributed by atoms with Gasteiger partial charge >= 0.3 is 0 Å². The fourth-order valence-electron chi connectivity index (χ4n) is 2.85. The van der Waals surface area contributed by atoms with Crippen LogP contribution in [0.15, 0.2) is 42.5 Å². The van der Waals surface area contributed by atoms with Gasteiger partial charge in [0, 0.05) is 25.3 Å². The van der Waals surface area contributed by atoms with Gasteiger partial charge in [0.05, 0.1) is 13.2 Å². The van der Waals surface area contributed by atoms with E-state index in [-0.39, 0.29) is 0 Å². The molecule has 5 heteroatoms. The molecule has 0 amide bonds. The van der Waals surface area contributed by atoms with Gasteiger partial charge in [-0.05, 0) is 23.3 Å². The lowest BCUT2D eigenvalue weighted by Gasteiger charge is -2.19. The summed E-state index contributed by atoms with van der Waals surface area (Å²) < 4.78 is 21.9. The number of hydrogen-bond donors (Lipinski definition) is 1. The number of aliphatic hydroxyl groups is 1. The van der Waals surface area contributed by atoms with Crippen LogP contribution in [0.1, 0.15) is 34.6 Å². The third-order valence-electron chi connectivity index (χ3n) is 4.10. The summed E-state index contributed by atoms with van der Waals surface area (Å²) in [6, 6.07) is 13.4. The zero-order valence-electron chi connectivity index (χ0n) is 13.9. The van der Waals surface area contributed by atoms with E-state index < -0.39 is 12.4 Å². The zero-order chi connectivity index (χ0) is 16.9. The van der Waals surface area contributed by atoms with E-state index in [1.165, 1.54) is 0 Å². The molecule has 2 atom stereocenters. The van der Waals surface area contributed by atoms with Crippen molar-refractivity contribution in [3.05, 3.63) is 64.7 Å². The van der Waals surface area contributed by atoms with Crippen LogP contribution in [0.4, 0.5) is 0 Å². The Hall–Kier alpha value is -1.92. The van der Waals surface area contributed by atoms with E-state index in [2.05, 4.69) is 0 Å². The van der Waals surface area contributed by atoms with Crippen molar-refractivity contribution in [1.29, 1.82) is 0 Å². The predicted octanol–water partition coefficient (Wildman–Crippen LogP) is 2.97. The molecule has 3 rings (SSSR count). The number of fused-ring (bicyclic) bond motifs is 2. The second-order valence-corrected chi connectivity index (χ2v) is 5.62. The van der Waals surface area contributed by atoms with Crippen molar-refractivity contribution in [2.75, 3.05) is 27.4 Å². The minimum Gasteiger partial charge on any atom is -0.488 e. The number of hydrogen-bond acceptors (Lipinski definition) is 5. The van der Waals surface area contributed by atoms with Crippen LogP contribution in [0.25, 0.3) is 0 Å². The lowest BCUT2D eigenvalue weighted by atomic mass is 9.96. The fraction of sp³-hybridized carbons (Fsp3) is 0.368. The summed E-state index contributed by atoms with van der Waals surface area (Å²) in [5, 5.41) is 10.8. The summed E-state index contributed by atoms with van der Waals surface area (Å²) in [6.45, 7) is 1.36. The van der Waals surface area contributed by atoms with Crippen molar-refractivity contribution in [3.63, 3.8) is 0 Å². The standard InChI is InChI=1S/C19H22O5/c1-21-9-10-23-19(22-2)13-7-8-17-16(11-13)18(20)15-6-4-3-5-14(15)12-24-17/h3-8,11,18-20H,9-10,12H2,1-2H3. The van der Waals surface area contributed by atoms with Crippen LogP contribution < -0.4 is 4.74 Å². The Bertz CT molecular complexity index is 685. The lowest BCUT2D eigenvalue weighted by molar-refractivity contribution is -0.135. The molecule has 2 aromatic rings. The van der Waals surface area contributed by atoms with Crippen LogP contribution in [0.5, 0.6) is 5.75 Å². The van der Waals surface area contributed by atoms with Gasteiger partial charge in [-0.25, -0.2) is 0 Å². The van der Waals surface area contributed by atoms with Gasteiger partial charge < -0.3 is 24.1 Å². The van der Waals surface area contributed by atoms with Crippen molar-refractivity contribution in [1.82, 2.24) is 0 Å². The predicted molar refractivity (Wildman–Crippen MR) is 88.9 cm³/mol. The smallest absolute Gasteiger partial charge is 0.183 e. The van der Waals surface area contributed by atoms with Crippen LogP contribution in [0.3, 0.4) is 0 Å². The first-order chi connectivity index (χ1) is 11.7.